The van der Waals surface area contributed by atoms with E-state index in [0.29, 0.717) is 13.1 Å². The van der Waals surface area contributed by atoms with E-state index in [1.54, 1.807) is 0 Å². The molecule has 0 spiro atoms. The van der Waals surface area contributed by atoms with E-state index in [1.165, 1.54) is 6.42 Å². The van der Waals surface area contributed by atoms with Gasteiger partial charge in [-0.15, -0.1) is 0 Å². The van der Waals surface area contributed by atoms with E-state index in [-0.39, 0.29) is 12.0 Å². The maximum Gasteiger partial charge on any atom is 0.325 e. The number of carboxylic acids is 1. The van der Waals surface area contributed by atoms with Gasteiger partial charge in [-0.3, -0.25) is 4.79 Å². The summed E-state index contributed by atoms with van der Waals surface area (Å²) in [5, 5.41) is 12.9. The summed E-state index contributed by atoms with van der Waals surface area (Å²) < 4.78 is 5.75. The van der Waals surface area contributed by atoms with Crippen molar-refractivity contribution in [2.75, 3.05) is 33.3 Å². The number of nitrogens with zero attached hydrogens (tertiary/aromatic N) is 1. The number of likely N-dealkylation sites (N-methyl/N-ethyl adjacent to an activating group) is 2. The molecule has 2 unspecified atom stereocenters. The molecule has 5 heteroatoms. The first kappa shape index (κ1) is 15.7. The van der Waals surface area contributed by atoms with Crippen molar-refractivity contribution in [3.63, 3.8) is 0 Å². The first-order valence-corrected chi connectivity index (χ1v) is 7.87. The highest BCUT2D eigenvalue weighted by molar-refractivity contribution is 5.80. The van der Waals surface area contributed by atoms with Crippen LogP contribution in [0.3, 0.4) is 0 Å². The molecule has 1 heterocycles. The average Bonchev–Trinajstić information content (AvgIpc) is 3.23. The Hall–Kier alpha value is -0.650. The summed E-state index contributed by atoms with van der Waals surface area (Å²) >= 11 is 0. The van der Waals surface area contributed by atoms with E-state index in [1.807, 2.05) is 14.0 Å². The lowest BCUT2D eigenvalue weighted by Crippen LogP contribution is -2.60. The molecule has 1 aliphatic carbocycles. The first-order chi connectivity index (χ1) is 9.58. The zero-order chi connectivity index (χ0) is 14.6. The Morgan fingerprint density at radius 2 is 2.15 bits per heavy atom. The lowest BCUT2D eigenvalue weighted by Gasteiger charge is -2.36. The molecule has 2 rings (SSSR count). The standard InChI is InChI=1S/C15H28N2O3/c1-3-16-15(14(18)19,12-7-8-12)11-17(2)10-13-6-4-5-9-20-13/h12-13,16H,3-11H2,1-2H3,(H,18,19). The van der Waals surface area contributed by atoms with Gasteiger partial charge in [-0.05, 0) is 51.6 Å². The molecule has 1 aliphatic heterocycles. The monoisotopic (exact) mass is 284 g/mol. The molecule has 2 aliphatic rings. The maximum absolute atomic E-state index is 11.8. The molecule has 5 nitrogen and oxygen atoms in total. The third-order valence-electron chi connectivity index (χ3n) is 4.46. The highest BCUT2D eigenvalue weighted by atomic mass is 16.5. The number of hydrogen-bond acceptors (Lipinski definition) is 4. The molecule has 1 saturated heterocycles. The van der Waals surface area contributed by atoms with Gasteiger partial charge in [-0.1, -0.05) is 6.92 Å². The second-order valence-electron chi connectivity index (χ2n) is 6.27. The van der Waals surface area contributed by atoms with Gasteiger partial charge >= 0.3 is 5.97 Å². The highest BCUT2D eigenvalue weighted by Crippen LogP contribution is 2.40. The van der Waals surface area contributed by atoms with Gasteiger partial charge in [0.15, 0.2) is 0 Å². The molecule has 0 aromatic carbocycles. The predicted octanol–water partition coefficient (Wildman–Crippen LogP) is 1.33. The van der Waals surface area contributed by atoms with Crippen LogP contribution >= 0.6 is 0 Å². The van der Waals surface area contributed by atoms with Crippen LogP contribution in [0.4, 0.5) is 0 Å². The highest BCUT2D eigenvalue weighted by Gasteiger charge is 2.51. The van der Waals surface area contributed by atoms with Crippen LogP contribution in [0.15, 0.2) is 0 Å². The third kappa shape index (κ3) is 3.71. The van der Waals surface area contributed by atoms with Crippen molar-refractivity contribution < 1.29 is 14.6 Å². The zero-order valence-electron chi connectivity index (χ0n) is 12.7. The fraction of sp³-hybridized carbons (Fsp3) is 0.933. The molecule has 2 N–H and O–H groups in total. The van der Waals surface area contributed by atoms with Gasteiger partial charge in [-0.25, -0.2) is 0 Å². The van der Waals surface area contributed by atoms with Gasteiger partial charge in [-0.2, -0.15) is 0 Å². The Morgan fingerprint density at radius 3 is 2.65 bits per heavy atom. The summed E-state index contributed by atoms with van der Waals surface area (Å²) in [6.45, 7) is 4.90. The molecule has 2 fully saturated rings. The van der Waals surface area contributed by atoms with E-state index in [2.05, 4.69) is 10.2 Å². The Kier molecular flexibility index (Phi) is 5.41. The van der Waals surface area contributed by atoms with Crippen LogP contribution in [0.1, 0.15) is 39.0 Å². The number of nitrogens with one attached hydrogen (secondary N) is 1. The molecule has 20 heavy (non-hydrogen) atoms. The summed E-state index contributed by atoms with van der Waals surface area (Å²) in [6, 6.07) is 0. The predicted molar refractivity (Wildman–Crippen MR) is 77.9 cm³/mol. The Balaban J connectivity index is 1.93. The maximum atomic E-state index is 11.8. The topological polar surface area (TPSA) is 61.8 Å². The molecule has 0 amide bonds. The van der Waals surface area contributed by atoms with E-state index >= 15 is 0 Å². The van der Waals surface area contributed by atoms with E-state index in [9.17, 15) is 9.90 Å². The van der Waals surface area contributed by atoms with Crippen LogP contribution in [0.25, 0.3) is 0 Å². The van der Waals surface area contributed by atoms with E-state index < -0.39 is 11.5 Å². The van der Waals surface area contributed by atoms with Crippen LogP contribution in [-0.4, -0.2) is 60.9 Å². The molecule has 2 atom stereocenters. The molecule has 0 aromatic heterocycles. The summed E-state index contributed by atoms with van der Waals surface area (Å²) in [7, 11) is 2.01. The summed E-state index contributed by atoms with van der Waals surface area (Å²) in [4.78, 5) is 13.9. The average molecular weight is 284 g/mol. The van der Waals surface area contributed by atoms with Crippen molar-refractivity contribution in [2.24, 2.45) is 5.92 Å². The fourth-order valence-electron chi connectivity index (χ4n) is 3.33. The van der Waals surface area contributed by atoms with Gasteiger partial charge in [0, 0.05) is 19.7 Å². The molecule has 1 saturated carbocycles. The number of carbonyl (C=O) groups is 1. The minimum Gasteiger partial charge on any atom is -0.480 e. The van der Waals surface area contributed by atoms with Gasteiger partial charge < -0.3 is 20.1 Å². The summed E-state index contributed by atoms with van der Waals surface area (Å²) in [6.07, 6.45) is 5.77. The van der Waals surface area contributed by atoms with Gasteiger partial charge in [0.05, 0.1) is 6.10 Å². The Bertz CT molecular complexity index is 327. The third-order valence-corrected chi connectivity index (χ3v) is 4.46. The van der Waals surface area contributed by atoms with Crippen LogP contribution in [0.2, 0.25) is 0 Å². The number of hydrogen-bond donors (Lipinski definition) is 2. The molecular weight excluding hydrogens is 256 g/mol. The SMILES string of the molecule is CCNC(CN(C)CC1CCCCO1)(C(=O)O)C1CC1. The summed E-state index contributed by atoms with van der Waals surface area (Å²) in [5.74, 6) is -0.437. The van der Waals surface area contributed by atoms with Gasteiger partial charge in [0.25, 0.3) is 0 Å². The molecule has 0 radical (unpaired) electrons. The minimum atomic E-state index is -0.780. The lowest BCUT2D eigenvalue weighted by molar-refractivity contribution is -0.147. The number of aliphatic carboxylic acids is 1. The van der Waals surface area contributed by atoms with Gasteiger partial charge in [0.1, 0.15) is 5.54 Å². The second kappa shape index (κ2) is 6.87. The smallest absolute Gasteiger partial charge is 0.325 e. The lowest BCUT2D eigenvalue weighted by atomic mass is 9.92. The molecule has 0 bridgehead atoms. The van der Waals surface area contributed by atoms with Crippen LogP contribution < -0.4 is 5.32 Å². The number of carboxylic acid groups (broad SMARTS) is 1. The molecule has 0 aromatic rings. The van der Waals surface area contributed by atoms with Crippen LogP contribution in [0.5, 0.6) is 0 Å². The molecule has 116 valence electrons. The normalized spacial score (nSPS) is 26.4. The zero-order valence-corrected chi connectivity index (χ0v) is 12.7. The van der Waals surface area contributed by atoms with Crippen molar-refractivity contribution in [2.45, 2.75) is 50.7 Å². The van der Waals surface area contributed by atoms with Crippen molar-refractivity contribution in [3.8, 4) is 0 Å². The number of rotatable bonds is 8. The van der Waals surface area contributed by atoms with Crippen LogP contribution in [0, 0.1) is 5.92 Å². The van der Waals surface area contributed by atoms with E-state index in [0.717, 1.165) is 38.8 Å². The van der Waals surface area contributed by atoms with Crippen molar-refractivity contribution >= 4 is 5.97 Å². The van der Waals surface area contributed by atoms with Gasteiger partial charge in [0.2, 0.25) is 0 Å². The van der Waals surface area contributed by atoms with Crippen molar-refractivity contribution in [3.05, 3.63) is 0 Å². The fourth-order valence-corrected chi connectivity index (χ4v) is 3.33. The van der Waals surface area contributed by atoms with Crippen LogP contribution in [-0.2, 0) is 9.53 Å². The Labute approximate surface area is 121 Å². The van der Waals surface area contributed by atoms with Crippen molar-refractivity contribution in [1.29, 1.82) is 0 Å². The quantitative estimate of drug-likeness (QED) is 0.704. The minimum absolute atomic E-state index is 0.265. The second-order valence-corrected chi connectivity index (χ2v) is 6.27. The molecular formula is C15H28N2O3. The summed E-state index contributed by atoms with van der Waals surface area (Å²) in [5.41, 5.74) is -0.780. The Morgan fingerprint density at radius 1 is 1.40 bits per heavy atom. The number of ether oxygens (including phenoxy) is 1. The largest absolute Gasteiger partial charge is 0.480 e. The first-order valence-electron chi connectivity index (χ1n) is 7.87. The van der Waals surface area contributed by atoms with Crippen molar-refractivity contribution in [1.82, 2.24) is 10.2 Å². The van der Waals surface area contributed by atoms with E-state index in [4.69, 9.17) is 4.74 Å².